The second-order valence-electron chi connectivity index (χ2n) is 4.95. The first-order chi connectivity index (χ1) is 11.7. The number of methoxy groups -OCH3 is 1. The Morgan fingerprint density at radius 3 is 2.50 bits per heavy atom. The smallest absolute Gasteiger partial charge is 0.264 e. The van der Waals surface area contributed by atoms with Gasteiger partial charge in [-0.2, -0.15) is 0 Å². The van der Waals surface area contributed by atoms with Crippen molar-refractivity contribution >= 4 is 11.8 Å². The molecule has 0 radical (unpaired) electrons. The molecule has 1 aromatic heterocycles. The summed E-state index contributed by atoms with van der Waals surface area (Å²) in [5, 5.41) is 6.54. The number of rotatable bonds is 6. The van der Waals surface area contributed by atoms with Crippen molar-refractivity contribution in [1.29, 1.82) is 0 Å². The van der Waals surface area contributed by atoms with Gasteiger partial charge in [0.1, 0.15) is 17.2 Å². The van der Waals surface area contributed by atoms with E-state index in [-0.39, 0.29) is 18.4 Å². The summed E-state index contributed by atoms with van der Waals surface area (Å²) in [5.41, 5.74) is 1.57. The number of amides is 1. The molecule has 0 fully saturated rings. The van der Waals surface area contributed by atoms with Gasteiger partial charge in [-0.15, -0.1) is 0 Å². The summed E-state index contributed by atoms with van der Waals surface area (Å²) in [6, 6.07) is 18.2. The fourth-order valence-electron chi connectivity index (χ4n) is 2.07. The molecule has 3 rings (SSSR count). The van der Waals surface area contributed by atoms with E-state index in [4.69, 9.17) is 14.0 Å². The Morgan fingerprint density at radius 1 is 1.08 bits per heavy atom. The third-order valence-electron chi connectivity index (χ3n) is 3.27. The number of nitrogens with one attached hydrogen (secondary N) is 1. The van der Waals surface area contributed by atoms with Crippen LogP contribution in [0.2, 0.25) is 0 Å². The Balaban J connectivity index is 1.54. The fourth-order valence-corrected chi connectivity index (χ4v) is 2.07. The first-order valence-electron chi connectivity index (χ1n) is 7.33. The first kappa shape index (κ1) is 15.6. The molecule has 6 heteroatoms. The number of anilines is 1. The van der Waals surface area contributed by atoms with Crippen molar-refractivity contribution in [3.8, 4) is 22.8 Å². The highest BCUT2D eigenvalue weighted by atomic mass is 16.5. The van der Waals surface area contributed by atoms with Gasteiger partial charge < -0.3 is 14.0 Å². The molecule has 0 spiro atoms. The highest BCUT2D eigenvalue weighted by Gasteiger charge is 2.10. The van der Waals surface area contributed by atoms with Gasteiger partial charge in [0.15, 0.2) is 6.61 Å². The van der Waals surface area contributed by atoms with Gasteiger partial charge in [-0.1, -0.05) is 35.5 Å². The van der Waals surface area contributed by atoms with Crippen LogP contribution in [0.1, 0.15) is 0 Å². The van der Waals surface area contributed by atoms with Gasteiger partial charge >= 0.3 is 0 Å². The lowest BCUT2D eigenvalue weighted by molar-refractivity contribution is -0.118. The molecule has 0 bridgehead atoms. The number of ether oxygens (including phenoxy) is 2. The van der Waals surface area contributed by atoms with Crippen molar-refractivity contribution < 1.29 is 18.8 Å². The molecule has 6 nitrogen and oxygen atoms in total. The monoisotopic (exact) mass is 324 g/mol. The third kappa shape index (κ3) is 3.92. The number of hydrogen-bond donors (Lipinski definition) is 1. The van der Waals surface area contributed by atoms with Crippen LogP contribution in [-0.2, 0) is 4.79 Å². The van der Waals surface area contributed by atoms with E-state index in [2.05, 4.69) is 10.5 Å². The van der Waals surface area contributed by atoms with Crippen molar-refractivity contribution in [2.75, 3.05) is 19.0 Å². The molecule has 2 aromatic carbocycles. The lowest BCUT2D eigenvalue weighted by Gasteiger charge is -2.06. The Labute approximate surface area is 139 Å². The van der Waals surface area contributed by atoms with Crippen LogP contribution in [0.5, 0.6) is 11.5 Å². The topological polar surface area (TPSA) is 73.6 Å². The molecule has 1 N–H and O–H groups in total. The standard InChI is InChI=1S/C18H16N2O4/c1-22-14-7-9-15(10-8-14)23-12-17(21)19-18-11-16(20-24-18)13-5-3-2-4-6-13/h2-11H,12H2,1H3,(H,19,21). The Bertz CT molecular complexity index is 797. The molecular formula is C18H16N2O4. The normalized spacial score (nSPS) is 10.2. The van der Waals surface area contributed by atoms with Gasteiger partial charge in [-0.05, 0) is 24.3 Å². The van der Waals surface area contributed by atoms with Gasteiger partial charge in [-0.3, -0.25) is 10.1 Å². The van der Waals surface area contributed by atoms with E-state index in [9.17, 15) is 4.79 Å². The minimum atomic E-state index is -0.332. The third-order valence-corrected chi connectivity index (χ3v) is 3.27. The molecule has 24 heavy (non-hydrogen) atoms. The number of hydrogen-bond acceptors (Lipinski definition) is 5. The SMILES string of the molecule is COc1ccc(OCC(=O)Nc2cc(-c3ccccc3)no2)cc1. The predicted molar refractivity (Wildman–Crippen MR) is 89.1 cm³/mol. The first-order valence-corrected chi connectivity index (χ1v) is 7.33. The molecule has 0 saturated heterocycles. The predicted octanol–water partition coefficient (Wildman–Crippen LogP) is 3.37. The van der Waals surface area contributed by atoms with Crippen LogP contribution < -0.4 is 14.8 Å². The van der Waals surface area contributed by atoms with E-state index in [1.165, 1.54) is 0 Å². The van der Waals surface area contributed by atoms with Crippen LogP contribution >= 0.6 is 0 Å². The molecule has 0 unspecified atom stereocenters. The van der Waals surface area contributed by atoms with Crippen molar-refractivity contribution in [3.05, 3.63) is 60.7 Å². The van der Waals surface area contributed by atoms with E-state index in [0.29, 0.717) is 11.4 Å². The molecule has 0 aliphatic rings. The molecular weight excluding hydrogens is 308 g/mol. The summed E-state index contributed by atoms with van der Waals surface area (Å²) in [6.45, 7) is -0.131. The van der Waals surface area contributed by atoms with Gasteiger partial charge in [0.05, 0.1) is 7.11 Å². The van der Waals surface area contributed by atoms with Gasteiger partial charge in [0, 0.05) is 11.6 Å². The molecule has 0 aliphatic heterocycles. The highest BCUT2D eigenvalue weighted by Crippen LogP contribution is 2.21. The number of carbonyl (C=O) groups is 1. The summed E-state index contributed by atoms with van der Waals surface area (Å²) in [6.07, 6.45) is 0. The molecule has 0 aliphatic carbocycles. The Hall–Kier alpha value is -3.28. The summed E-state index contributed by atoms with van der Waals surface area (Å²) in [4.78, 5) is 11.9. The van der Waals surface area contributed by atoms with E-state index in [1.807, 2.05) is 30.3 Å². The largest absolute Gasteiger partial charge is 0.497 e. The van der Waals surface area contributed by atoms with E-state index >= 15 is 0 Å². The van der Waals surface area contributed by atoms with Crippen molar-refractivity contribution in [3.63, 3.8) is 0 Å². The minimum Gasteiger partial charge on any atom is -0.497 e. The Kier molecular flexibility index (Phi) is 4.76. The lowest BCUT2D eigenvalue weighted by Crippen LogP contribution is -2.19. The van der Waals surface area contributed by atoms with Gasteiger partial charge in [0.25, 0.3) is 5.91 Å². The molecule has 0 atom stereocenters. The summed E-state index contributed by atoms with van der Waals surface area (Å²) >= 11 is 0. The zero-order valence-corrected chi connectivity index (χ0v) is 13.1. The second kappa shape index (κ2) is 7.32. The highest BCUT2D eigenvalue weighted by molar-refractivity contribution is 5.91. The zero-order chi connectivity index (χ0) is 16.8. The summed E-state index contributed by atoms with van der Waals surface area (Å²) in [7, 11) is 1.59. The number of nitrogens with zero attached hydrogens (tertiary/aromatic N) is 1. The van der Waals surface area contributed by atoms with E-state index in [1.54, 1.807) is 37.4 Å². The molecule has 0 saturated carbocycles. The lowest BCUT2D eigenvalue weighted by atomic mass is 10.2. The molecule has 1 heterocycles. The maximum Gasteiger partial charge on any atom is 0.264 e. The average molecular weight is 324 g/mol. The number of aromatic nitrogens is 1. The van der Waals surface area contributed by atoms with Crippen molar-refractivity contribution in [2.24, 2.45) is 0 Å². The second-order valence-corrected chi connectivity index (χ2v) is 4.95. The average Bonchev–Trinajstić information content (AvgIpc) is 3.09. The van der Waals surface area contributed by atoms with Crippen LogP contribution in [-0.4, -0.2) is 24.8 Å². The van der Waals surface area contributed by atoms with Crippen LogP contribution in [0.15, 0.2) is 65.2 Å². The molecule has 122 valence electrons. The summed E-state index contributed by atoms with van der Waals surface area (Å²) < 4.78 is 15.6. The van der Waals surface area contributed by atoms with E-state index in [0.717, 1.165) is 11.3 Å². The quantitative estimate of drug-likeness (QED) is 0.752. The van der Waals surface area contributed by atoms with Crippen LogP contribution in [0, 0.1) is 0 Å². The minimum absolute atomic E-state index is 0.131. The maximum absolute atomic E-state index is 11.9. The van der Waals surface area contributed by atoms with Crippen molar-refractivity contribution in [1.82, 2.24) is 5.16 Å². The van der Waals surface area contributed by atoms with Gasteiger partial charge in [-0.25, -0.2) is 0 Å². The van der Waals surface area contributed by atoms with E-state index < -0.39 is 0 Å². The molecule has 1 amide bonds. The van der Waals surface area contributed by atoms with Gasteiger partial charge in [0.2, 0.25) is 5.88 Å². The fraction of sp³-hybridized carbons (Fsp3) is 0.111. The van der Waals surface area contributed by atoms with Crippen LogP contribution in [0.3, 0.4) is 0 Å². The maximum atomic E-state index is 11.9. The van der Waals surface area contributed by atoms with Crippen molar-refractivity contribution in [2.45, 2.75) is 0 Å². The van der Waals surface area contributed by atoms with Crippen LogP contribution in [0.4, 0.5) is 5.88 Å². The number of benzene rings is 2. The Morgan fingerprint density at radius 2 is 1.79 bits per heavy atom. The molecule has 3 aromatic rings. The van der Waals surface area contributed by atoms with Crippen LogP contribution in [0.25, 0.3) is 11.3 Å². The summed E-state index contributed by atoms with van der Waals surface area (Å²) in [5.74, 6) is 1.24. The zero-order valence-electron chi connectivity index (χ0n) is 13.1. The number of carbonyl (C=O) groups excluding carboxylic acids is 1.